The van der Waals surface area contributed by atoms with E-state index in [9.17, 15) is 0 Å². The van der Waals surface area contributed by atoms with Crippen LogP contribution in [0.4, 0.5) is 0 Å². The number of fused-ring (bicyclic) bond motifs is 1. The van der Waals surface area contributed by atoms with Gasteiger partial charge in [0.2, 0.25) is 0 Å². The molecule has 0 saturated carbocycles. The van der Waals surface area contributed by atoms with E-state index in [1.165, 1.54) is 0 Å². The summed E-state index contributed by atoms with van der Waals surface area (Å²) in [5.41, 5.74) is 8.84. The molecule has 5 heteroatoms. The maximum absolute atomic E-state index is 8.90. The maximum atomic E-state index is 8.90. The van der Waals surface area contributed by atoms with Gasteiger partial charge in [0, 0.05) is 11.1 Å². The van der Waals surface area contributed by atoms with Gasteiger partial charge in [0.25, 0.3) is 0 Å². The Morgan fingerprint density at radius 1 is 1.25 bits per heavy atom. The number of rotatable bonds is 1. The van der Waals surface area contributed by atoms with Crippen molar-refractivity contribution in [2.24, 2.45) is 16.0 Å². The average Bonchev–Trinajstić information content (AvgIpc) is 2.36. The third-order valence-corrected chi connectivity index (χ3v) is 2.83. The minimum atomic E-state index is 0.0936. The first kappa shape index (κ1) is 10.5. The molecule has 0 unspecified atom stereocenters. The van der Waals surface area contributed by atoms with Gasteiger partial charge in [-0.25, -0.2) is 0 Å². The summed E-state index contributed by atoms with van der Waals surface area (Å²) in [7, 11) is 0. The SMILES string of the molecule is NC(=NO)c1cccc2c1CCCC2=NO. The molecule has 16 heavy (non-hydrogen) atoms. The molecule has 0 heterocycles. The second kappa shape index (κ2) is 4.22. The molecule has 0 saturated heterocycles. The largest absolute Gasteiger partial charge is 0.411 e. The van der Waals surface area contributed by atoms with Crippen LogP contribution in [0.15, 0.2) is 28.5 Å². The molecule has 0 spiro atoms. The summed E-state index contributed by atoms with van der Waals surface area (Å²) in [5.74, 6) is 0.0936. The maximum Gasteiger partial charge on any atom is 0.170 e. The first-order valence-electron chi connectivity index (χ1n) is 5.09. The molecule has 1 aromatic carbocycles. The molecule has 4 N–H and O–H groups in total. The molecule has 0 radical (unpaired) electrons. The Kier molecular flexibility index (Phi) is 2.76. The molecule has 1 aliphatic rings. The van der Waals surface area contributed by atoms with Crippen molar-refractivity contribution in [2.45, 2.75) is 19.3 Å². The minimum absolute atomic E-state index is 0.0936. The molecule has 1 aromatic rings. The van der Waals surface area contributed by atoms with Gasteiger partial charge in [-0.05, 0) is 24.8 Å². The normalized spacial score (nSPS) is 18.5. The van der Waals surface area contributed by atoms with Crippen molar-refractivity contribution in [1.29, 1.82) is 0 Å². The van der Waals surface area contributed by atoms with Crippen LogP contribution in [0.1, 0.15) is 29.5 Å². The summed E-state index contributed by atoms with van der Waals surface area (Å²) in [4.78, 5) is 0. The fourth-order valence-electron chi connectivity index (χ4n) is 2.09. The fourth-order valence-corrected chi connectivity index (χ4v) is 2.09. The Morgan fingerprint density at radius 2 is 2.06 bits per heavy atom. The summed E-state index contributed by atoms with van der Waals surface area (Å²) >= 11 is 0. The van der Waals surface area contributed by atoms with Crippen LogP contribution in [-0.4, -0.2) is 22.0 Å². The Hall–Kier alpha value is -2.04. The van der Waals surface area contributed by atoms with Crippen LogP contribution in [0.25, 0.3) is 0 Å². The van der Waals surface area contributed by atoms with Crippen molar-refractivity contribution < 1.29 is 10.4 Å². The van der Waals surface area contributed by atoms with Gasteiger partial charge in [0.05, 0.1) is 5.71 Å². The van der Waals surface area contributed by atoms with Crippen LogP contribution in [0.2, 0.25) is 0 Å². The number of benzene rings is 1. The number of hydrogen-bond acceptors (Lipinski definition) is 4. The summed E-state index contributed by atoms with van der Waals surface area (Å²) in [6.45, 7) is 0. The number of nitrogens with two attached hydrogens (primary N) is 1. The van der Waals surface area contributed by atoms with Gasteiger partial charge in [-0.3, -0.25) is 0 Å². The highest BCUT2D eigenvalue weighted by Crippen LogP contribution is 2.24. The molecule has 84 valence electrons. The van der Waals surface area contributed by atoms with Crippen LogP contribution < -0.4 is 5.73 Å². The van der Waals surface area contributed by atoms with Crippen molar-refractivity contribution in [3.8, 4) is 0 Å². The molecule has 0 atom stereocenters. The summed E-state index contributed by atoms with van der Waals surface area (Å²) in [6, 6.07) is 5.49. The van der Waals surface area contributed by atoms with Gasteiger partial charge in [-0.2, -0.15) is 0 Å². The average molecular weight is 219 g/mol. The van der Waals surface area contributed by atoms with E-state index in [1.807, 2.05) is 12.1 Å². The predicted octanol–water partition coefficient (Wildman–Crippen LogP) is 1.30. The highest BCUT2D eigenvalue weighted by Gasteiger charge is 2.19. The molecule has 5 nitrogen and oxygen atoms in total. The zero-order valence-electron chi connectivity index (χ0n) is 8.72. The highest BCUT2D eigenvalue weighted by molar-refractivity contribution is 6.06. The lowest BCUT2D eigenvalue weighted by molar-refractivity contribution is 0.317. The van der Waals surface area contributed by atoms with Gasteiger partial charge in [0.1, 0.15) is 0 Å². The van der Waals surface area contributed by atoms with E-state index in [4.69, 9.17) is 16.1 Å². The Labute approximate surface area is 92.9 Å². The number of nitrogens with zero attached hydrogens (tertiary/aromatic N) is 2. The van der Waals surface area contributed by atoms with Crippen LogP contribution in [0, 0.1) is 0 Å². The first-order chi connectivity index (χ1) is 7.77. The van der Waals surface area contributed by atoms with E-state index in [0.717, 1.165) is 30.4 Å². The van der Waals surface area contributed by atoms with Crippen molar-refractivity contribution in [2.75, 3.05) is 0 Å². The molecular weight excluding hydrogens is 206 g/mol. The Balaban J connectivity index is 2.60. The van der Waals surface area contributed by atoms with Crippen LogP contribution in [-0.2, 0) is 6.42 Å². The van der Waals surface area contributed by atoms with Gasteiger partial charge in [0.15, 0.2) is 5.84 Å². The number of hydrogen-bond donors (Lipinski definition) is 3. The van der Waals surface area contributed by atoms with Crippen molar-refractivity contribution >= 4 is 11.5 Å². The van der Waals surface area contributed by atoms with E-state index in [-0.39, 0.29) is 5.84 Å². The van der Waals surface area contributed by atoms with Gasteiger partial charge >= 0.3 is 0 Å². The smallest absolute Gasteiger partial charge is 0.170 e. The van der Waals surface area contributed by atoms with Crippen LogP contribution >= 0.6 is 0 Å². The third kappa shape index (κ3) is 1.60. The lowest BCUT2D eigenvalue weighted by Crippen LogP contribution is -2.20. The summed E-state index contributed by atoms with van der Waals surface area (Å²) in [5, 5.41) is 23.9. The molecule has 0 aliphatic heterocycles. The second-order valence-electron chi connectivity index (χ2n) is 3.72. The van der Waals surface area contributed by atoms with E-state index >= 15 is 0 Å². The second-order valence-corrected chi connectivity index (χ2v) is 3.72. The molecular formula is C11H13N3O2. The molecule has 2 rings (SSSR count). The van der Waals surface area contributed by atoms with Crippen LogP contribution in [0.5, 0.6) is 0 Å². The van der Waals surface area contributed by atoms with Crippen molar-refractivity contribution in [3.63, 3.8) is 0 Å². The van der Waals surface area contributed by atoms with Crippen molar-refractivity contribution in [1.82, 2.24) is 0 Å². The lowest BCUT2D eigenvalue weighted by Gasteiger charge is -2.19. The minimum Gasteiger partial charge on any atom is -0.411 e. The standard InChI is InChI=1S/C11H13N3O2/c12-11(14-16)9-5-1-4-8-7(9)3-2-6-10(8)13-15/h1,4-5,15-16H,2-3,6H2,(H2,12,14). The fraction of sp³-hybridized carbons (Fsp3) is 0.273. The van der Waals surface area contributed by atoms with Gasteiger partial charge < -0.3 is 16.1 Å². The number of oxime groups is 2. The highest BCUT2D eigenvalue weighted by atomic mass is 16.4. The third-order valence-electron chi connectivity index (χ3n) is 2.83. The monoisotopic (exact) mass is 219 g/mol. The van der Waals surface area contributed by atoms with E-state index in [2.05, 4.69) is 10.3 Å². The first-order valence-corrected chi connectivity index (χ1v) is 5.09. The zero-order valence-corrected chi connectivity index (χ0v) is 8.72. The summed E-state index contributed by atoms with van der Waals surface area (Å²) in [6.07, 6.45) is 2.51. The molecule has 0 fully saturated rings. The van der Waals surface area contributed by atoms with Gasteiger partial charge in [-0.1, -0.05) is 28.5 Å². The molecule has 0 aromatic heterocycles. The number of amidine groups is 1. The molecule has 1 aliphatic carbocycles. The predicted molar refractivity (Wildman–Crippen MR) is 60.2 cm³/mol. The van der Waals surface area contributed by atoms with Gasteiger partial charge in [-0.15, -0.1) is 0 Å². The molecule has 0 amide bonds. The van der Waals surface area contributed by atoms with Crippen molar-refractivity contribution in [3.05, 3.63) is 34.9 Å². The molecule has 0 bridgehead atoms. The Morgan fingerprint density at radius 3 is 2.75 bits per heavy atom. The van der Waals surface area contributed by atoms with E-state index in [1.54, 1.807) is 6.07 Å². The van der Waals surface area contributed by atoms with E-state index in [0.29, 0.717) is 11.3 Å². The van der Waals surface area contributed by atoms with E-state index < -0.39 is 0 Å². The topological polar surface area (TPSA) is 91.2 Å². The van der Waals surface area contributed by atoms with Crippen LogP contribution in [0.3, 0.4) is 0 Å². The lowest BCUT2D eigenvalue weighted by atomic mass is 9.86. The summed E-state index contributed by atoms with van der Waals surface area (Å²) < 4.78 is 0. The quantitative estimate of drug-likeness (QED) is 0.288. The zero-order chi connectivity index (χ0) is 11.5. The Bertz CT molecular complexity index is 452.